The van der Waals surface area contributed by atoms with Gasteiger partial charge in [-0.15, -0.1) is 0 Å². The lowest BCUT2D eigenvalue weighted by atomic mass is 9.85. The van der Waals surface area contributed by atoms with Gasteiger partial charge in [0.05, 0.1) is 12.5 Å². The van der Waals surface area contributed by atoms with Gasteiger partial charge in [-0.25, -0.2) is 30.7 Å². The van der Waals surface area contributed by atoms with Gasteiger partial charge in [0.1, 0.15) is 29.1 Å². The highest BCUT2D eigenvalue weighted by atomic mass is 32.2. The van der Waals surface area contributed by atoms with Crippen molar-refractivity contribution in [1.82, 2.24) is 23.6 Å². The van der Waals surface area contributed by atoms with Crippen molar-refractivity contribution in [2.75, 3.05) is 39.0 Å². The molecule has 0 bridgehead atoms. The molecule has 2 aliphatic rings. The van der Waals surface area contributed by atoms with Gasteiger partial charge in [0, 0.05) is 75.8 Å². The van der Waals surface area contributed by atoms with E-state index in [4.69, 9.17) is 0 Å². The second kappa shape index (κ2) is 15.7. The number of hydrogen-bond donors (Lipinski definition) is 2. The maximum atomic E-state index is 15.3. The van der Waals surface area contributed by atoms with Gasteiger partial charge in [-0.05, 0) is 72.2 Å². The Labute approximate surface area is 284 Å². The molecule has 0 amide bonds. The molecule has 2 saturated heterocycles. The van der Waals surface area contributed by atoms with Crippen LogP contribution in [-0.4, -0.2) is 87.3 Å². The number of pyridine rings is 1. The number of carbonyl (C=O) groups is 1. The van der Waals surface area contributed by atoms with E-state index in [1.807, 2.05) is 0 Å². The van der Waals surface area contributed by atoms with Gasteiger partial charge in [0.2, 0.25) is 10.0 Å². The number of hydrogen-bond acceptors (Lipinski definition) is 7. The molecule has 1 aromatic heterocycles. The lowest BCUT2D eigenvalue weighted by Crippen LogP contribution is -2.59. The number of Topliss-reactive ketones (excluding diaryl/α,β-unsaturated/α-hetero) is 1. The Balaban J connectivity index is 1.29. The predicted octanol–water partition coefficient (Wildman–Crippen LogP) is 3.44. The molecule has 10 nitrogen and oxygen atoms in total. The first-order valence-corrected chi connectivity index (χ1v) is 19.3. The van der Waals surface area contributed by atoms with Crippen LogP contribution in [0.15, 0.2) is 54.9 Å². The first-order chi connectivity index (χ1) is 23.2. The largest absolute Gasteiger partial charge is 0.314 e. The van der Waals surface area contributed by atoms with Gasteiger partial charge in [-0.2, -0.15) is 17.0 Å². The van der Waals surface area contributed by atoms with E-state index >= 15 is 4.39 Å². The second-order valence-corrected chi connectivity index (χ2v) is 16.2. The predicted molar refractivity (Wildman–Crippen MR) is 175 cm³/mol. The average Bonchev–Trinajstić information content (AvgIpc) is 3.03. The molecule has 5 rings (SSSR count). The molecule has 0 radical (unpaired) electrons. The molecule has 16 heteroatoms. The highest BCUT2D eigenvalue weighted by molar-refractivity contribution is 7.88. The molecule has 0 saturated carbocycles. The van der Waals surface area contributed by atoms with Crippen LogP contribution in [0.5, 0.6) is 0 Å². The fraction of sp³-hybridized carbons (Fsp3) is 0.455. The second-order valence-electron chi connectivity index (χ2n) is 12.6. The van der Waals surface area contributed by atoms with E-state index in [1.54, 1.807) is 0 Å². The van der Waals surface area contributed by atoms with Gasteiger partial charge >= 0.3 is 0 Å². The zero-order valence-electron chi connectivity index (χ0n) is 26.9. The average molecular weight is 726 g/mol. The molecule has 3 heterocycles. The Kier molecular flexibility index (Phi) is 11.9. The molecule has 0 unspecified atom stereocenters. The van der Waals surface area contributed by atoms with Crippen LogP contribution in [0.25, 0.3) is 0 Å². The summed E-state index contributed by atoms with van der Waals surface area (Å²) >= 11 is 0. The summed E-state index contributed by atoms with van der Waals surface area (Å²) in [5.41, 5.74) is 1.19. The van der Waals surface area contributed by atoms with Crippen molar-refractivity contribution >= 4 is 26.0 Å². The van der Waals surface area contributed by atoms with Crippen LogP contribution in [0, 0.1) is 23.3 Å². The third-order valence-corrected chi connectivity index (χ3v) is 11.8. The quantitative estimate of drug-likeness (QED) is 0.259. The van der Waals surface area contributed by atoms with Crippen molar-refractivity contribution in [3.05, 3.63) is 100 Å². The summed E-state index contributed by atoms with van der Waals surface area (Å²) in [6.07, 6.45) is 4.03. The molecule has 3 aromatic rings. The summed E-state index contributed by atoms with van der Waals surface area (Å²) in [5.74, 6) is -3.99. The normalized spacial score (nSPS) is 19.2. The molecule has 0 spiro atoms. The molecular formula is C33H39F4N5O5S2. The molecule has 2 atom stereocenters. The van der Waals surface area contributed by atoms with Crippen molar-refractivity contribution in [3.63, 3.8) is 0 Å². The number of carbonyl (C=O) groups excluding carboxylic acids is 1. The Morgan fingerprint density at radius 3 is 2.27 bits per heavy atom. The molecule has 0 aliphatic carbocycles. The van der Waals surface area contributed by atoms with Gasteiger partial charge in [-0.3, -0.25) is 9.78 Å². The minimum atomic E-state index is -3.91. The number of benzene rings is 2. The molecule has 266 valence electrons. The first kappa shape index (κ1) is 37.0. The van der Waals surface area contributed by atoms with Gasteiger partial charge in [0.25, 0.3) is 10.2 Å². The van der Waals surface area contributed by atoms with Crippen LogP contribution in [-0.2, 0) is 37.9 Å². The Hall–Kier alpha value is -3.28. The van der Waals surface area contributed by atoms with Crippen LogP contribution in [0.2, 0.25) is 0 Å². The van der Waals surface area contributed by atoms with E-state index in [2.05, 4.69) is 15.0 Å². The fourth-order valence-corrected chi connectivity index (χ4v) is 9.29. The zero-order valence-corrected chi connectivity index (χ0v) is 28.6. The van der Waals surface area contributed by atoms with E-state index in [0.717, 1.165) is 24.6 Å². The van der Waals surface area contributed by atoms with E-state index in [-0.39, 0.29) is 68.3 Å². The minimum Gasteiger partial charge on any atom is -0.314 e. The first-order valence-electron chi connectivity index (χ1n) is 16.0. The van der Waals surface area contributed by atoms with Crippen molar-refractivity contribution < 1.29 is 39.2 Å². The molecule has 2 aliphatic heterocycles. The van der Waals surface area contributed by atoms with Gasteiger partial charge < -0.3 is 5.32 Å². The van der Waals surface area contributed by atoms with Crippen molar-refractivity contribution in [2.45, 2.75) is 56.5 Å². The Bertz CT molecular complexity index is 1840. The topological polar surface area (TPSA) is 129 Å². The Morgan fingerprint density at radius 1 is 0.939 bits per heavy atom. The summed E-state index contributed by atoms with van der Waals surface area (Å²) in [6.45, 7) is 1.26. The maximum Gasteiger partial charge on any atom is 0.282 e. The molecule has 2 fully saturated rings. The lowest BCUT2D eigenvalue weighted by molar-refractivity contribution is -0.118. The van der Waals surface area contributed by atoms with Crippen molar-refractivity contribution in [3.8, 4) is 0 Å². The highest BCUT2D eigenvalue weighted by Gasteiger charge is 2.38. The number of piperazine rings is 1. The van der Waals surface area contributed by atoms with Crippen molar-refractivity contribution in [2.24, 2.45) is 0 Å². The monoisotopic (exact) mass is 725 g/mol. The number of nitrogens with one attached hydrogen (secondary N) is 2. The van der Waals surface area contributed by atoms with Crippen LogP contribution in [0.3, 0.4) is 0 Å². The lowest BCUT2D eigenvalue weighted by Gasteiger charge is -2.40. The minimum absolute atomic E-state index is 0.103. The standard InChI is InChI=1S/C33H39F4N5O5S2/c1-48(44,45)40-28-8-11-41(12-9-28)49(46,47)42-13-10-38-20-29(42)6-7-31-24(19-39-21-33(31)37)16-30(43)18-32(22-2-4-25(34)5-3-22)23-14-26(35)17-27(36)15-23/h2-5,14-15,17,19,21,28-29,32,38,40H,6-13,16,18,20H2,1H3/t29-,32-/m0/s1. The van der Waals surface area contributed by atoms with Crippen LogP contribution >= 0.6 is 0 Å². The van der Waals surface area contributed by atoms with Gasteiger partial charge in [-0.1, -0.05) is 12.1 Å². The number of rotatable bonds is 13. The number of sulfonamides is 1. The smallest absolute Gasteiger partial charge is 0.282 e. The SMILES string of the molecule is CS(=O)(=O)NC1CCN(S(=O)(=O)N2CCNC[C@@H]2CCc2c(F)cncc2CC(=O)C[C@@H](c2ccc(F)cc2)c2cc(F)cc(F)c2)CC1. The van der Waals surface area contributed by atoms with E-state index in [1.165, 1.54) is 39.1 Å². The number of nitrogens with zero attached hydrogens (tertiary/aromatic N) is 3. The zero-order chi connectivity index (χ0) is 35.3. The molecule has 49 heavy (non-hydrogen) atoms. The number of ketones is 1. The number of piperidine rings is 1. The summed E-state index contributed by atoms with van der Waals surface area (Å²) in [5, 5.41) is 3.20. The highest BCUT2D eigenvalue weighted by Crippen LogP contribution is 2.31. The summed E-state index contributed by atoms with van der Waals surface area (Å²) < 4.78 is 113. The van der Waals surface area contributed by atoms with Crippen LogP contribution in [0.1, 0.15) is 53.9 Å². The molecule has 2 aromatic carbocycles. The third-order valence-electron chi connectivity index (χ3n) is 8.95. The van der Waals surface area contributed by atoms with Crippen LogP contribution in [0.4, 0.5) is 17.6 Å². The third kappa shape index (κ3) is 9.70. The molecule has 2 N–H and O–H groups in total. The summed E-state index contributed by atoms with van der Waals surface area (Å²) in [6, 6.07) is 7.35. The number of aromatic nitrogens is 1. The number of halogens is 4. The van der Waals surface area contributed by atoms with E-state index < -0.39 is 55.5 Å². The maximum absolute atomic E-state index is 15.3. The summed E-state index contributed by atoms with van der Waals surface area (Å²) in [4.78, 5) is 17.4. The van der Waals surface area contributed by atoms with Crippen LogP contribution < -0.4 is 10.0 Å². The van der Waals surface area contributed by atoms with E-state index in [0.29, 0.717) is 43.1 Å². The van der Waals surface area contributed by atoms with E-state index in [9.17, 15) is 34.8 Å². The summed E-state index contributed by atoms with van der Waals surface area (Å²) in [7, 11) is -7.33. The fourth-order valence-electron chi connectivity index (χ4n) is 6.60. The van der Waals surface area contributed by atoms with Crippen molar-refractivity contribution in [1.29, 1.82) is 0 Å². The Morgan fingerprint density at radius 2 is 1.61 bits per heavy atom. The van der Waals surface area contributed by atoms with Gasteiger partial charge in [0.15, 0.2) is 0 Å². The molecular weight excluding hydrogens is 687 g/mol.